The van der Waals surface area contributed by atoms with Crippen molar-refractivity contribution >= 4 is 17.5 Å². The van der Waals surface area contributed by atoms with Crippen molar-refractivity contribution in [3.63, 3.8) is 0 Å². The fraction of sp³-hybridized carbons (Fsp3) is 0.250. The number of nitrogens with zero attached hydrogens (tertiary/aromatic N) is 1. The van der Waals surface area contributed by atoms with E-state index in [4.69, 9.17) is 0 Å². The van der Waals surface area contributed by atoms with Crippen LogP contribution in [0.25, 0.3) is 0 Å². The fourth-order valence-corrected chi connectivity index (χ4v) is 2.34. The molecule has 1 saturated heterocycles. The normalized spacial score (nSPS) is 22.4. The number of anilines is 1. The van der Waals surface area contributed by atoms with Crippen LogP contribution in [0, 0.1) is 5.41 Å². The van der Waals surface area contributed by atoms with Crippen molar-refractivity contribution < 1.29 is 9.59 Å². The number of para-hydroxylation sites is 1. The van der Waals surface area contributed by atoms with Gasteiger partial charge in [0.2, 0.25) is 0 Å². The summed E-state index contributed by atoms with van der Waals surface area (Å²) >= 11 is 0. The van der Waals surface area contributed by atoms with E-state index >= 15 is 0 Å². The quantitative estimate of drug-likeness (QED) is 0.660. The van der Waals surface area contributed by atoms with Crippen molar-refractivity contribution in [3.05, 3.63) is 55.1 Å². The topological polar surface area (TPSA) is 49.4 Å². The molecule has 104 valence electrons. The zero-order valence-corrected chi connectivity index (χ0v) is 11.5. The van der Waals surface area contributed by atoms with Crippen molar-refractivity contribution in [3.8, 4) is 0 Å². The number of amides is 2. The average molecular weight is 270 g/mol. The lowest BCUT2D eigenvalue weighted by molar-refractivity contribution is -0.135. The van der Waals surface area contributed by atoms with E-state index in [0.29, 0.717) is 18.5 Å². The van der Waals surface area contributed by atoms with Gasteiger partial charge < -0.3 is 0 Å². The predicted molar refractivity (Wildman–Crippen MR) is 78.7 cm³/mol. The molecule has 20 heavy (non-hydrogen) atoms. The van der Waals surface area contributed by atoms with Gasteiger partial charge >= 0.3 is 0 Å². The molecule has 4 nitrogen and oxygen atoms in total. The number of carbonyl (C=O) groups is 2. The first-order valence-electron chi connectivity index (χ1n) is 6.58. The highest BCUT2D eigenvalue weighted by molar-refractivity contribution is 6.18. The van der Waals surface area contributed by atoms with Gasteiger partial charge in [-0.1, -0.05) is 36.4 Å². The highest BCUT2D eigenvalue weighted by Gasteiger charge is 2.53. The number of hydrogen-bond donors (Lipinski definition) is 1. The molecular weight excluding hydrogens is 252 g/mol. The number of hydrogen-bond acceptors (Lipinski definition) is 2. The molecule has 0 spiro atoms. The van der Waals surface area contributed by atoms with E-state index in [-0.39, 0.29) is 11.8 Å². The highest BCUT2D eigenvalue weighted by atomic mass is 16.2. The first kappa shape index (κ1) is 14.1. The molecule has 0 aromatic heterocycles. The molecule has 0 bridgehead atoms. The van der Waals surface area contributed by atoms with Gasteiger partial charge in [0.1, 0.15) is 5.41 Å². The van der Waals surface area contributed by atoms with Gasteiger partial charge in [-0.2, -0.15) is 0 Å². The SMILES string of the molecule is C=CCC1(CC=CC)C(=O)NN(c2ccccc2)C1=O. The minimum atomic E-state index is -1.08. The molecule has 1 N–H and O–H groups in total. The third kappa shape index (κ3) is 2.25. The summed E-state index contributed by atoms with van der Waals surface area (Å²) in [5.74, 6) is -0.504. The summed E-state index contributed by atoms with van der Waals surface area (Å²) in [4.78, 5) is 25.0. The lowest BCUT2D eigenvalue weighted by Gasteiger charge is -2.21. The van der Waals surface area contributed by atoms with E-state index in [1.54, 1.807) is 18.2 Å². The van der Waals surface area contributed by atoms with E-state index in [1.165, 1.54) is 5.01 Å². The average Bonchev–Trinajstić information content (AvgIpc) is 2.72. The number of allylic oxidation sites excluding steroid dienone is 3. The maximum Gasteiger partial charge on any atom is 0.262 e. The van der Waals surface area contributed by atoms with Gasteiger partial charge in [0, 0.05) is 0 Å². The molecule has 1 heterocycles. The van der Waals surface area contributed by atoms with Gasteiger partial charge in [-0.15, -0.1) is 6.58 Å². The fourth-order valence-electron chi connectivity index (χ4n) is 2.34. The minimum absolute atomic E-state index is 0.230. The van der Waals surface area contributed by atoms with Crippen LogP contribution in [0.1, 0.15) is 19.8 Å². The molecule has 2 amide bonds. The Hall–Kier alpha value is -2.36. The van der Waals surface area contributed by atoms with Crippen LogP contribution in [0.3, 0.4) is 0 Å². The van der Waals surface area contributed by atoms with E-state index in [0.717, 1.165) is 0 Å². The highest BCUT2D eigenvalue weighted by Crippen LogP contribution is 2.36. The molecule has 0 aliphatic carbocycles. The van der Waals surface area contributed by atoms with Crippen LogP contribution in [0.4, 0.5) is 5.69 Å². The number of nitrogens with one attached hydrogen (secondary N) is 1. The van der Waals surface area contributed by atoms with Crippen LogP contribution in [0.2, 0.25) is 0 Å². The molecule has 1 unspecified atom stereocenters. The number of hydrazine groups is 1. The molecule has 1 aromatic rings. The third-order valence-electron chi connectivity index (χ3n) is 3.47. The summed E-state index contributed by atoms with van der Waals surface area (Å²) in [6.45, 7) is 5.54. The number of carbonyl (C=O) groups excluding carboxylic acids is 2. The van der Waals surface area contributed by atoms with Crippen LogP contribution < -0.4 is 10.4 Å². The molecule has 1 fully saturated rings. The minimum Gasteiger partial charge on any atom is -0.272 e. The Balaban J connectivity index is 2.37. The first-order valence-corrected chi connectivity index (χ1v) is 6.58. The van der Waals surface area contributed by atoms with Gasteiger partial charge in [-0.3, -0.25) is 15.0 Å². The lowest BCUT2D eigenvalue weighted by atomic mass is 9.80. The second kappa shape index (κ2) is 5.74. The maximum absolute atomic E-state index is 12.7. The summed E-state index contributed by atoms with van der Waals surface area (Å²) in [7, 11) is 0. The Kier molecular flexibility index (Phi) is 4.03. The van der Waals surface area contributed by atoms with Crippen LogP contribution >= 0.6 is 0 Å². The van der Waals surface area contributed by atoms with Crippen molar-refractivity contribution in [2.75, 3.05) is 5.01 Å². The van der Waals surface area contributed by atoms with E-state index in [1.807, 2.05) is 37.3 Å². The summed E-state index contributed by atoms with van der Waals surface area (Å²) in [5.41, 5.74) is 2.25. The third-order valence-corrected chi connectivity index (χ3v) is 3.47. The van der Waals surface area contributed by atoms with Crippen LogP contribution in [0.5, 0.6) is 0 Å². The summed E-state index contributed by atoms with van der Waals surface area (Å²) in [5, 5.41) is 1.33. The molecule has 1 aliphatic heterocycles. The van der Waals surface area contributed by atoms with E-state index in [2.05, 4.69) is 12.0 Å². The molecule has 0 radical (unpaired) electrons. The molecule has 2 rings (SSSR count). The van der Waals surface area contributed by atoms with E-state index in [9.17, 15) is 9.59 Å². The van der Waals surface area contributed by atoms with Crippen molar-refractivity contribution in [2.24, 2.45) is 5.41 Å². The molecule has 1 aliphatic rings. The lowest BCUT2D eigenvalue weighted by Crippen LogP contribution is -2.37. The molecular formula is C16H18N2O2. The number of benzene rings is 1. The van der Waals surface area contributed by atoms with Crippen molar-refractivity contribution in [2.45, 2.75) is 19.8 Å². The molecule has 1 aromatic carbocycles. The molecule has 0 saturated carbocycles. The zero-order valence-electron chi connectivity index (χ0n) is 11.5. The number of rotatable bonds is 5. The Morgan fingerprint density at radius 3 is 2.55 bits per heavy atom. The predicted octanol–water partition coefficient (Wildman–Crippen LogP) is 2.59. The van der Waals surface area contributed by atoms with Gasteiger partial charge in [0.05, 0.1) is 5.69 Å². The Morgan fingerprint density at radius 1 is 1.25 bits per heavy atom. The summed E-state index contributed by atoms with van der Waals surface area (Å²) in [6.07, 6.45) is 6.01. The Morgan fingerprint density at radius 2 is 1.95 bits per heavy atom. The van der Waals surface area contributed by atoms with Gasteiger partial charge in [-0.25, -0.2) is 5.01 Å². The van der Waals surface area contributed by atoms with Crippen LogP contribution in [-0.4, -0.2) is 11.8 Å². The van der Waals surface area contributed by atoms with Crippen molar-refractivity contribution in [1.29, 1.82) is 0 Å². The first-order chi connectivity index (χ1) is 9.65. The van der Waals surface area contributed by atoms with Crippen molar-refractivity contribution in [1.82, 2.24) is 5.43 Å². The zero-order chi connectivity index (χ0) is 14.6. The van der Waals surface area contributed by atoms with Crippen LogP contribution in [-0.2, 0) is 9.59 Å². The molecule has 4 heteroatoms. The van der Waals surface area contributed by atoms with E-state index < -0.39 is 5.41 Å². The maximum atomic E-state index is 12.7. The largest absolute Gasteiger partial charge is 0.272 e. The smallest absolute Gasteiger partial charge is 0.262 e. The second-order valence-electron chi connectivity index (χ2n) is 4.77. The Labute approximate surface area is 118 Å². The Bertz CT molecular complexity index is 551. The van der Waals surface area contributed by atoms with Gasteiger partial charge in [-0.05, 0) is 31.9 Å². The standard InChI is InChI=1S/C16H18N2O2/c1-3-5-12-16(11-4-2)14(19)17-18(15(16)20)13-9-7-6-8-10-13/h3-10H,2,11-12H2,1H3,(H,17,19). The van der Waals surface area contributed by atoms with Gasteiger partial charge in [0.25, 0.3) is 11.8 Å². The molecule has 1 atom stereocenters. The van der Waals surface area contributed by atoms with Crippen LogP contribution in [0.15, 0.2) is 55.1 Å². The second-order valence-corrected chi connectivity index (χ2v) is 4.77. The monoisotopic (exact) mass is 270 g/mol. The summed E-state index contributed by atoms with van der Waals surface area (Å²) < 4.78 is 0. The summed E-state index contributed by atoms with van der Waals surface area (Å²) in [6, 6.07) is 9.10. The van der Waals surface area contributed by atoms with Gasteiger partial charge in [0.15, 0.2) is 0 Å².